The number of rotatable bonds is 5. The molecule has 1 aromatic heterocycles. The van der Waals surface area contributed by atoms with E-state index in [-0.39, 0.29) is 6.04 Å². The molecular formula is C19H24N2OS. The fraction of sp³-hybridized carbons (Fsp3) is 0.368. The van der Waals surface area contributed by atoms with Gasteiger partial charge in [0.25, 0.3) is 0 Å². The molecule has 122 valence electrons. The largest absolute Gasteiger partial charge is 0.383 e. The van der Waals surface area contributed by atoms with Crippen molar-refractivity contribution in [3.63, 3.8) is 0 Å². The quantitative estimate of drug-likeness (QED) is 0.890. The summed E-state index contributed by atoms with van der Waals surface area (Å²) in [4.78, 5) is 3.71. The molecule has 0 bridgehead atoms. The van der Waals surface area contributed by atoms with Crippen LogP contribution in [0.15, 0.2) is 59.1 Å². The van der Waals surface area contributed by atoms with Crippen LogP contribution in [0, 0.1) is 0 Å². The lowest BCUT2D eigenvalue weighted by molar-refractivity contribution is 0.168. The Morgan fingerprint density at radius 2 is 2.00 bits per heavy atom. The maximum Gasteiger partial charge on any atom is 0.0655 e. The SMILES string of the molecule is COC[C@H]1N[C@H](c2cccs2)CC(N(C)c2ccccc2)=C1C. The summed E-state index contributed by atoms with van der Waals surface area (Å²) < 4.78 is 5.44. The Labute approximate surface area is 142 Å². The molecule has 0 saturated carbocycles. The normalized spacial score (nSPS) is 21.5. The van der Waals surface area contributed by atoms with Gasteiger partial charge in [-0.2, -0.15) is 0 Å². The molecule has 23 heavy (non-hydrogen) atoms. The lowest BCUT2D eigenvalue weighted by Gasteiger charge is -2.37. The van der Waals surface area contributed by atoms with E-state index in [1.54, 1.807) is 7.11 Å². The summed E-state index contributed by atoms with van der Waals surface area (Å²) in [5.41, 5.74) is 3.98. The highest BCUT2D eigenvalue weighted by molar-refractivity contribution is 7.10. The monoisotopic (exact) mass is 328 g/mol. The third kappa shape index (κ3) is 3.50. The maximum atomic E-state index is 5.44. The van der Waals surface area contributed by atoms with Gasteiger partial charge >= 0.3 is 0 Å². The van der Waals surface area contributed by atoms with Gasteiger partial charge in [0.15, 0.2) is 0 Å². The van der Waals surface area contributed by atoms with E-state index in [2.05, 4.69) is 72.0 Å². The van der Waals surface area contributed by atoms with Gasteiger partial charge in [-0.25, -0.2) is 0 Å². The maximum absolute atomic E-state index is 5.44. The van der Waals surface area contributed by atoms with E-state index in [0.717, 1.165) is 6.42 Å². The molecule has 0 aliphatic carbocycles. The van der Waals surface area contributed by atoms with Gasteiger partial charge in [-0.1, -0.05) is 24.3 Å². The van der Waals surface area contributed by atoms with Crippen molar-refractivity contribution in [2.75, 3.05) is 25.7 Å². The summed E-state index contributed by atoms with van der Waals surface area (Å²) in [6.07, 6.45) is 0.998. The highest BCUT2D eigenvalue weighted by Gasteiger charge is 2.29. The van der Waals surface area contributed by atoms with Gasteiger partial charge in [0.2, 0.25) is 0 Å². The molecule has 0 saturated heterocycles. The number of benzene rings is 1. The molecule has 1 aromatic carbocycles. The molecule has 0 fully saturated rings. The molecule has 2 aromatic rings. The Balaban J connectivity index is 1.92. The zero-order valence-electron chi connectivity index (χ0n) is 14.0. The number of anilines is 1. The predicted octanol–water partition coefficient (Wildman–Crippen LogP) is 4.21. The van der Waals surface area contributed by atoms with Gasteiger partial charge in [0.05, 0.1) is 12.6 Å². The Morgan fingerprint density at radius 3 is 2.65 bits per heavy atom. The summed E-state index contributed by atoms with van der Waals surface area (Å²) in [5, 5.41) is 5.89. The average Bonchev–Trinajstić information content (AvgIpc) is 3.11. The van der Waals surface area contributed by atoms with Crippen LogP contribution in [0.2, 0.25) is 0 Å². The Bertz CT molecular complexity index is 651. The van der Waals surface area contributed by atoms with E-state index >= 15 is 0 Å². The van der Waals surface area contributed by atoms with Crippen LogP contribution in [-0.4, -0.2) is 26.8 Å². The number of nitrogens with zero attached hydrogens (tertiary/aromatic N) is 1. The zero-order chi connectivity index (χ0) is 16.2. The van der Waals surface area contributed by atoms with Gasteiger partial charge in [-0.05, 0) is 36.1 Å². The van der Waals surface area contributed by atoms with E-state index in [1.807, 2.05) is 11.3 Å². The van der Waals surface area contributed by atoms with E-state index in [4.69, 9.17) is 4.74 Å². The molecule has 1 aliphatic rings. The summed E-state index contributed by atoms with van der Waals surface area (Å²) in [5.74, 6) is 0. The minimum atomic E-state index is 0.252. The molecule has 0 amide bonds. The molecule has 0 spiro atoms. The van der Waals surface area contributed by atoms with Crippen LogP contribution in [0.5, 0.6) is 0 Å². The zero-order valence-corrected chi connectivity index (χ0v) is 14.8. The van der Waals surface area contributed by atoms with Crippen LogP contribution in [0.3, 0.4) is 0 Å². The number of methoxy groups -OCH3 is 1. The second-order valence-corrected chi connectivity index (χ2v) is 6.95. The van der Waals surface area contributed by atoms with Crippen molar-refractivity contribution in [3.05, 3.63) is 64.0 Å². The Kier molecular flexibility index (Phi) is 5.16. The van der Waals surface area contributed by atoms with E-state index in [9.17, 15) is 0 Å². The van der Waals surface area contributed by atoms with Gasteiger partial charge < -0.3 is 15.0 Å². The van der Waals surface area contributed by atoms with E-state index in [1.165, 1.54) is 21.8 Å². The lowest BCUT2D eigenvalue weighted by Crippen LogP contribution is -2.43. The average molecular weight is 328 g/mol. The smallest absolute Gasteiger partial charge is 0.0655 e. The molecule has 0 radical (unpaired) electrons. The second kappa shape index (κ2) is 7.30. The molecule has 2 atom stereocenters. The first kappa shape index (κ1) is 16.2. The number of hydrogen-bond acceptors (Lipinski definition) is 4. The molecule has 4 heteroatoms. The number of ether oxygens (including phenoxy) is 1. The number of hydrogen-bond donors (Lipinski definition) is 1. The standard InChI is InChI=1S/C19H24N2OS/c1-14-17(13-22-3)20-16(19-10-7-11-23-19)12-18(14)21(2)15-8-5-4-6-9-15/h4-11,16-17,20H,12-13H2,1-3H3/t16-,17+/m0/s1. The first-order valence-corrected chi connectivity index (χ1v) is 8.85. The fourth-order valence-corrected chi connectivity index (χ4v) is 3.99. The highest BCUT2D eigenvalue weighted by atomic mass is 32.1. The van der Waals surface area contributed by atoms with Crippen LogP contribution < -0.4 is 10.2 Å². The minimum absolute atomic E-state index is 0.252. The van der Waals surface area contributed by atoms with Gasteiger partial charge in [-0.15, -0.1) is 11.3 Å². The molecule has 1 aliphatic heterocycles. The van der Waals surface area contributed by atoms with Crippen LogP contribution >= 0.6 is 11.3 Å². The molecule has 1 N–H and O–H groups in total. The number of para-hydroxylation sites is 1. The Morgan fingerprint density at radius 1 is 1.22 bits per heavy atom. The minimum Gasteiger partial charge on any atom is -0.383 e. The van der Waals surface area contributed by atoms with Crippen molar-refractivity contribution in [2.45, 2.75) is 25.4 Å². The van der Waals surface area contributed by atoms with Crippen molar-refractivity contribution in [2.24, 2.45) is 0 Å². The number of nitrogens with one attached hydrogen (secondary N) is 1. The molecule has 0 unspecified atom stereocenters. The fourth-order valence-electron chi connectivity index (χ4n) is 3.20. The van der Waals surface area contributed by atoms with Crippen molar-refractivity contribution >= 4 is 17.0 Å². The van der Waals surface area contributed by atoms with Crippen molar-refractivity contribution in [3.8, 4) is 0 Å². The second-order valence-electron chi connectivity index (χ2n) is 5.97. The third-order valence-electron chi connectivity index (χ3n) is 4.55. The predicted molar refractivity (Wildman–Crippen MR) is 98.0 cm³/mol. The van der Waals surface area contributed by atoms with Gasteiger partial charge in [-0.3, -0.25) is 0 Å². The first-order chi connectivity index (χ1) is 11.2. The molecule has 3 rings (SSSR count). The summed E-state index contributed by atoms with van der Waals surface area (Å²) in [6, 6.07) is 15.5. The van der Waals surface area contributed by atoms with Crippen LogP contribution in [0.1, 0.15) is 24.3 Å². The van der Waals surface area contributed by atoms with Crippen LogP contribution in [0.25, 0.3) is 0 Å². The van der Waals surface area contributed by atoms with E-state index in [0.29, 0.717) is 12.6 Å². The molecular weight excluding hydrogens is 304 g/mol. The first-order valence-electron chi connectivity index (χ1n) is 7.97. The van der Waals surface area contributed by atoms with Crippen molar-refractivity contribution in [1.82, 2.24) is 5.32 Å². The lowest BCUT2D eigenvalue weighted by atomic mass is 9.94. The van der Waals surface area contributed by atoms with Gasteiger partial charge in [0.1, 0.15) is 0 Å². The molecule has 3 nitrogen and oxygen atoms in total. The summed E-state index contributed by atoms with van der Waals surface area (Å²) >= 11 is 1.82. The van der Waals surface area contributed by atoms with Crippen LogP contribution in [-0.2, 0) is 4.74 Å². The summed E-state index contributed by atoms with van der Waals surface area (Å²) in [7, 11) is 3.93. The van der Waals surface area contributed by atoms with E-state index < -0.39 is 0 Å². The molecule has 2 heterocycles. The Hall–Kier alpha value is -1.62. The third-order valence-corrected chi connectivity index (χ3v) is 5.53. The van der Waals surface area contributed by atoms with Crippen molar-refractivity contribution in [1.29, 1.82) is 0 Å². The summed E-state index contributed by atoms with van der Waals surface area (Å²) in [6.45, 7) is 2.91. The highest BCUT2D eigenvalue weighted by Crippen LogP contribution is 2.35. The van der Waals surface area contributed by atoms with Gasteiger partial charge in [0, 0.05) is 42.9 Å². The number of thiophene rings is 1. The van der Waals surface area contributed by atoms with Crippen LogP contribution in [0.4, 0.5) is 5.69 Å². The van der Waals surface area contributed by atoms with Crippen molar-refractivity contribution < 1.29 is 4.74 Å². The topological polar surface area (TPSA) is 24.5 Å².